The summed E-state index contributed by atoms with van der Waals surface area (Å²) < 4.78 is 29.7. The summed E-state index contributed by atoms with van der Waals surface area (Å²) in [4.78, 5) is 27.2. The summed E-state index contributed by atoms with van der Waals surface area (Å²) in [6.07, 6.45) is 1.03. The van der Waals surface area contributed by atoms with E-state index >= 15 is 0 Å². The molecule has 168 valence electrons. The SMILES string of the molecule is COc1ccccc1CNC(=O)[C@@H](C)N(Cc1ccccc1)C(=O)CN(C)S(C)(=O)=O. The predicted molar refractivity (Wildman–Crippen MR) is 119 cm³/mol. The molecule has 9 heteroatoms. The van der Waals surface area contributed by atoms with Gasteiger partial charge in [0, 0.05) is 25.7 Å². The Balaban J connectivity index is 2.16. The minimum absolute atomic E-state index is 0.181. The average Bonchev–Trinajstić information content (AvgIpc) is 2.75. The molecule has 2 aromatic rings. The summed E-state index contributed by atoms with van der Waals surface area (Å²) in [6.45, 7) is 1.69. The van der Waals surface area contributed by atoms with Crippen LogP contribution in [0.25, 0.3) is 0 Å². The van der Waals surface area contributed by atoms with Crippen LogP contribution in [0.3, 0.4) is 0 Å². The van der Waals surface area contributed by atoms with E-state index in [-0.39, 0.29) is 25.5 Å². The van der Waals surface area contributed by atoms with Gasteiger partial charge in [-0.3, -0.25) is 9.59 Å². The smallest absolute Gasteiger partial charge is 0.242 e. The molecule has 0 saturated heterocycles. The molecule has 0 aliphatic heterocycles. The lowest BCUT2D eigenvalue weighted by molar-refractivity contribution is -0.140. The van der Waals surface area contributed by atoms with Crippen molar-refractivity contribution in [1.29, 1.82) is 0 Å². The molecular weight excluding hydrogens is 418 g/mol. The van der Waals surface area contributed by atoms with Crippen molar-refractivity contribution in [2.45, 2.75) is 26.1 Å². The highest BCUT2D eigenvalue weighted by molar-refractivity contribution is 7.88. The third kappa shape index (κ3) is 7.08. The monoisotopic (exact) mass is 447 g/mol. The van der Waals surface area contributed by atoms with Gasteiger partial charge in [0.15, 0.2) is 0 Å². The number of methoxy groups -OCH3 is 1. The number of hydrogen-bond donors (Lipinski definition) is 1. The second kappa shape index (κ2) is 10.9. The lowest BCUT2D eigenvalue weighted by atomic mass is 10.1. The van der Waals surface area contributed by atoms with Crippen molar-refractivity contribution in [3.63, 3.8) is 0 Å². The minimum Gasteiger partial charge on any atom is -0.496 e. The molecule has 8 nitrogen and oxygen atoms in total. The Morgan fingerprint density at radius 2 is 1.68 bits per heavy atom. The third-order valence-corrected chi connectivity index (χ3v) is 6.19. The molecular formula is C22H29N3O5S. The van der Waals surface area contributed by atoms with E-state index < -0.39 is 22.0 Å². The Kier molecular flexibility index (Phi) is 8.58. The van der Waals surface area contributed by atoms with E-state index in [0.29, 0.717) is 5.75 Å². The van der Waals surface area contributed by atoms with Gasteiger partial charge in [0.2, 0.25) is 21.8 Å². The number of para-hydroxylation sites is 1. The van der Waals surface area contributed by atoms with E-state index in [9.17, 15) is 18.0 Å². The van der Waals surface area contributed by atoms with Crippen LogP contribution in [0.15, 0.2) is 54.6 Å². The number of carbonyl (C=O) groups excluding carboxylic acids is 2. The molecule has 0 saturated carbocycles. The Labute approximate surface area is 183 Å². The number of likely N-dealkylation sites (N-methyl/N-ethyl adjacent to an activating group) is 1. The van der Waals surface area contributed by atoms with Crippen LogP contribution in [0.1, 0.15) is 18.1 Å². The fourth-order valence-electron chi connectivity index (χ4n) is 2.94. The van der Waals surface area contributed by atoms with Gasteiger partial charge in [0.1, 0.15) is 11.8 Å². The molecule has 0 fully saturated rings. The Bertz CT molecular complexity index is 995. The summed E-state index contributed by atoms with van der Waals surface area (Å²) in [5, 5.41) is 2.83. The van der Waals surface area contributed by atoms with Gasteiger partial charge in [0.25, 0.3) is 0 Å². The van der Waals surface area contributed by atoms with Crippen molar-refractivity contribution in [2.75, 3.05) is 27.0 Å². The molecule has 0 spiro atoms. The van der Waals surface area contributed by atoms with E-state index in [1.165, 1.54) is 11.9 Å². The highest BCUT2D eigenvalue weighted by Gasteiger charge is 2.28. The quantitative estimate of drug-likeness (QED) is 0.597. The van der Waals surface area contributed by atoms with E-state index in [1.54, 1.807) is 20.1 Å². The zero-order valence-electron chi connectivity index (χ0n) is 18.2. The maximum Gasteiger partial charge on any atom is 0.242 e. The molecule has 0 radical (unpaired) electrons. The van der Waals surface area contributed by atoms with Gasteiger partial charge in [-0.1, -0.05) is 48.5 Å². The molecule has 0 bridgehead atoms. The van der Waals surface area contributed by atoms with Crippen molar-refractivity contribution < 1.29 is 22.7 Å². The lowest BCUT2D eigenvalue weighted by Crippen LogP contribution is -2.50. The summed E-state index contributed by atoms with van der Waals surface area (Å²) in [5.74, 6) is -0.156. The highest BCUT2D eigenvalue weighted by Crippen LogP contribution is 2.17. The number of ether oxygens (including phenoxy) is 1. The first-order chi connectivity index (χ1) is 14.6. The topological polar surface area (TPSA) is 96.0 Å². The van der Waals surface area contributed by atoms with Crippen molar-refractivity contribution in [2.24, 2.45) is 0 Å². The van der Waals surface area contributed by atoms with E-state index in [0.717, 1.165) is 21.7 Å². The highest BCUT2D eigenvalue weighted by atomic mass is 32.2. The largest absolute Gasteiger partial charge is 0.496 e. The van der Waals surface area contributed by atoms with Crippen LogP contribution < -0.4 is 10.1 Å². The summed E-state index contributed by atoms with van der Waals surface area (Å²) in [6, 6.07) is 15.8. The average molecular weight is 448 g/mol. The maximum atomic E-state index is 12.9. The molecule has 31 heavy (non-hydrogen) atoms. The van der Waals surface area contributed by atoms with Crippen molar-refractivity contribution in [3.8, 4) is 5.75 Å². The molecule has 1 atom stereocenters. The number of carbonyl (C=O) groups is 2. The van der Waals surface area contributed by atoms with Crippen LogP contribution in [0.5, 0.6) is 5.75 Å². The normalized spacial score (nSPS) is 12.3. The van der Waals surface area contributed by atoms with E-state index in [4.69, 9.17) is 4.74 Å². The van der Waals surface area contributed by atoms with E-state index in [2.05, 4.69) is 5.32 Å². The molecule has 0 heterocycles. The first-order valence-corrected chi connectivity index (χ1v) is 11.6. The number of sulfonamides is 1. The number of hydrogen-bond acceptors (Lipinski definition) is 5. The van der Waals surface area contributed by atoms with Crippen LogP contribution in [0.4, 0.5) is 0 Å². The van der Waals surface area contributed by atoms with Gasteiger partial charge >= 0.3 is 0 Å². The number of benzene rings is 2. The molecule has 0 aliphatic rings. The van der Waals surface area contributed by atoms with Crippen LogP contribution in [0.2, 0.25) is 0 Å². The van der Waals surface area contributed by atoms with Crippen molar-refractivity contribution >= 4 is 21.8 Å². The molecule has 2 aromatic carbocycles. The molecule has 2 amide bonds. The van der Waals surface area contributed by atoms with Crippen LogP contribution in [-0.2, 0) is 32.7 Å². The number of rotatable bonds is 10. The van der Waals surface area contributed by atoms with Gasteiger partial charge in [0.05, 0.1) is 19.9 Å². The van der Waals surface area contributed by atoms with Gasteiger partial charge < -0.3 is 15.0 Å². The molecule has 0 aromatic heterocycles. The zero-order valence-corrected chi connectivity index (χ0v) is 19.1. The van der Waals surface area contributed by atoms with Gasteiger partial charge in [-0.25, -0.2) is 8.42 Å². The second-order valence-electron chi connectivity index (χ2n) is 7.23. The fraction of sp³-hybridized carbons (Fsp3) is 0.364. The second-order valence-corrected chi connectivity index (χ2v) is 9.32. The number of amides is 2. The molecule has 0 aliphatic carbocycles. The zero-order chi connectivity index (χ0) is 23.0. The Morgan fingerprint density at radius 1 is 1.06 bits per heavy atom. The van der Waals surface area contributed by atoms with Gasteiger partial charge in [-0.05, 0) is 18.6 Å². The van der Waals surface area contributed by atoms with Gasteiger partial charge in [-0.2, -0.15) is 4.31 Å². The number of nitrogens with zero attached hydrogens (tertiary/aromatic N) is 2. The third-order valence-electron chi connectivity index (χ3n) is 4.93. The van der Waals surface area contributed by atoms with Crippen molar-refractivity contribution in [3.05, 3.63) is 65.7 Å². The number of nitrogens with one attached hydrogen (secondary N) is 1. The fourth-order valence-corrected chi connectivity index (χ4v) is 3.29. The van der Waals surface area contributed by atoms with Gasteiger partial charge in [-0.15, -0.1) is 0 Å². The van der Waals surface area contributed by atoms with Crippen LogP contribution in [-0.4, -0.2) is 62.4 Å². The maximum absolute atomic E-state index is 12.9. The first kappa shape index (κ1) is 24.4. The Hall–Kier alpha value is -2.91. The van der Waals surface area contributed by atoms with Crippen LogP contribution >= 0.6 is 0 Å². The minimum atomic E-state index is -3.53. The molecule has 1 N–H and O–H groups in total. The summed E-state index contributed by atoms with van der Waals surface area (Å²) in [5.41, 5.74) is 1.64. The molecule has 0 unspecified atom stereocenters. The van der Waals surface area contributed by atoms with Crippen LogP contribution in [0, 0.1) is 0 Å². The molecule has 2 rings (SSSR count). The summed E-state index contributed by atoms with van der Waals surface area (Å²) >= 11 is 0. The standard InChI is InChI=1S/C22H29N3O5S/c1-17(22(27)23-14-19-12-8-9-13-20(19)30-3)25(15-18-10-6-5-7-11-18)21(26)16-24(2)31(4,28)29/h5-13,17H,14-16H2,1-4H3,(H,23,27)/t17-/m1/s1. The lowest BCUT2D eigenvalue weighted by Gasteiger charge is -2.30. The first-order valence-electron chi connectivity index (χ1n) is 9.77. The van der Waals surface area contributed by atoms with Crippen molar-refractivity contribution in [1.82, 2.24) is 14.5 Å². The predicted octanol–water partition coefficient (Wildman–Crippen LogP) is 1.62. The van der Waals surface area contributed by atoms with E-state index in [1.807, 2.05) is 48.5 Å². The summed E-state index contributed by atoms with van der Waals surface area (Å²) in [7, 11) is -0.642. The Morgan fingerprint density at radius 3 is 2.29 bits per heavy atom.